The third kappa shape index (κ3) is 3.61. The van der Waals surface area contributed by atoms with Crippen molar-refractivity contribution in [3.63, 3.8) is 0 Å². The van der Waals surface area contributed by atoms with E-state index in [2.05, 4.69) is 5.32 Å². The molecule has 1 aliphatic heterocycles. The summed E-state index contributed by atoms with van der Waals surface area (Å²) in [6.45, 7) is -0.140. The zero-order chi connectivity index (χ0) is 21.3. The van der Waals surface area contributed by atoms with E-state index in [-0.39, 0.29) is 23.6 Å². The Morgan fingerprint density at radius 1 is 1.10 bits per heavy atom. The molecule has 3 aromatic rings. The highest BCUT2D eigenvalue weighted by Crippen LogP contribution is 2.27. The molecule has 0 unspecified atom stereocenters. The van der Waals surface area contributed by atoms with E-state index in [1.807, 2.05) is 0 Å². The highest BCUT2D eigenvalue weighted by molar-refractivity contribution is 6.30. The highest BCUT2D eigenvalue weighted by atomic mass is 16.6. The molecule has 3 heterocycles. The number of furan rings is 2. The molecule has 0 spiro atoms. The second-order valence-corrected chi connectivity index (χ2v) is 6.30. The maximum Gasteiger partial charge on any atom is 0.331 e. The Morgan fingerprint density at radius 2 is 1.93 bits per heavy atom. The minimum Gasteiger partial charge on any atom is -0.467 e. The third-order valence-corrected chi connectivity index (χ3v) is 4.33. The number of nitrogens with zero attached hydrogens (tertiary/aromatic N) is 2. The number of nitro groups is 1. The maximum absolute atomic E-state index is 12.7. The van der Waals surface area contributed by atoms with Crippen molar-refractivity contribution in [2.75, 3.05) is 0 Å². The summed E-state index contributed by atoms with van der Waals surface area (Å²) in [5, 5.41) is 13.0. The van der Waals surface area contributed by atoms with Gasteiger partial charge in [-0.25, -0.2) is 4.79 Å². The average Bonchev–Trinajstić information content (AvgIpc) is 3.40. The average molecular weight is 407 g/mol. The molecule has 10 heteroatoms. The molecule has 1 aliphatic rings. The minimum absolute atomic E-state index is 0.0993. The molecule has 1 fully saturated rings. The summed E-state index contributed by atoms with van der Waals surface area (Å²) in [6.07, 6.45) is 2.61. The van der Waals surface area contributed by atoms with Gasteiger partial charge in [0.2, 0.25) is 0 Å². The highest BCUT2D eigenvalue weighted by Gasteiger charge is 2.36. The van der Waals surface area contributed by atoms with Gasteiger partial charge < -0.3 is 8.83 Å². The molecule has 2 aromatic heterocycles. The lowest BCUT2D eigenvalue weighted by Crippen LogP contribution is -2.53. The smallest absolute Gasteiger partial charge is 0.331 e. The molecule has 0 radical (unpaired) electrons. The number of amides is 4. The number of hydrogen-bond acceptors (Lipinski definition) is 7. The number of nitro benzene ring substituents is 1. The number of urea groups is 1. The van der Waals surface area contributed by atoms with Crippen LogP contribution in [0.1, 0.15) is 11.5 Å². The van der Waals surface area contributed by atoms with Crippen molar-refractivity contribution in [3.8, 4) is 11.3 Å². The Morgan fingerprint density at radius 3 is 2.67 bits per heavy atom. The maximum atomic E-state index is 12.7. The Balaban J connectivity index is 1.61. The zero-order valence-corrected chi connectivity index (χ0v) is 15.2. The van der Waals surface area contributed by atoms with E-state index in [0.717, 1.165) is 4.90 Å². The number of barbiturate groups is 1. The lowest BCUT2D eigenvalue weighted by Gasteiger charge is -2.25. The van der Waals surface area contributed by atoms with Gasteiger partial charge in [0.1, 0.15) is 22.9 Å². The number of hydrogen-bond donors (Lipinski definition) is 1. The number of carbonyl (C=O) groups excluding carboxylic acids is 3. The first-order valence-electron chi connectivity index (χ1n) is 8.68. The van der Waals surface area contributed by atoms with E-state index >= 15 is 0 Å². The van der Waals surface area contributed by atoms with Crippen molar-refractivity contribution in [2.45, 2.75) is 6.54 Å². The monoisotopic (exact) mass is 407 g/mol. The summed E-state index contributed by atoms with van der Waals surface area (Å²) in [6, 6.07) is 11.3. The topological polar surface area (TPSA) is 136 Å². The van der Waals surface area contributed by atoms with Gasteiger partial charge in [0.15, 0.2) is 0 Å². The summed E-state index contributed by atoms with van der Waals surface area (Å²) in [5.41, 5.74) is 0.0710. The second-order valence-electron chi connectivity index (χ2n) is 6.30. The summed E-state index contributed by atoms with van der Waals surface area (Å²) < 4.78 is 10.8. The number of benzene rings is 1. The molecule has 10 nitrogen and oxygen atoms in total. The number of rotatable bonds is 5. The minimum atomic E-state index is -0.853. The van der Waals surface area contributed by atoms with Crippen molar-refractivity contribution in [1.82, 2.24) is 10.2 Å². The summed E-state index contributed by atoms with van der Waals surface area (Å²) in [5.74, 6) is -0.791. The van der Waals surface area contributed by atoms with Crippen LogP contribution in [0.5, 0.6) is 0 Å². The summed E-state index contributed by atoms with van der Waals surface area (Å²) in [7, 11) is 0. The Kier molecular flexibility index (Phi) is 4.72. The fourth-order valence-corrected chi connectivity index (χ4v) is 2.90. The fraction of sp³-hybridized carbons (Fsp3) is 0.0500. The first kappa shape index (κ1) is 18.9. The van der Waals surface area contributed by atoms with Gasteiger partial charge in [0, 0.05) is 17.7 Å². The summed E-state index contributed by atoms with van der Waals surface area (Å²) in [4.78, 5) is 48.2. The number of nitrogens with one attached hydrogen (secondary N) is 1. The number of imide groups is 2. The van der Waals surface area contributed by atoms with E-state index in [9.17, 15) is 24.5 Å². The van der Waals surface area contributed by atoms with Crippen molar-refractivity contribution < 1.29 is 28.1 Å². The van der Waals surface area contributed by atoms with Gasteiger partial charge in [-0.3, -0.25) is 29.9 Å². The molecule has 0 saturated carbocycles. The zero-order valence-electron chi connectivity index (χ0n) is 15.2. The van der Waals surface area contributed by atoms with Gasteiger partial charge in [-0.15, -0.1) is 0 Å². The molecule has 150 valence electrons. The van der Waals surface area contributed by atoms with E-state index in [1.165, 1.54) is 36.6 Å². The fourth-order valence-electron chi connectivity index (χ4n) is 2.90. The number of non-ortho nitro benzene ring substituents is 1. The molecule has 4 amide bonds. The van der Waals surface area contributed by atoms with Crippen molar-refractivity contribution in [2.24, 2.45) is 0 Å². The molecule has 30 heavy (non-hydrogen) atoms. The van der Waals surface area contributed by atoms with Gasteiger partial charge >= 0.3 is 6.03 Å². The first-order chi connectivity index (χ1) is 14.4. The van der Waals surface area contributed by atoms with Crippen LogP contribution < -0.4 is 5.32 Å². The molecule has 1 N–H and O–H groups in total. The molecule has 1 saturated heterocycles. The van der Waals surface area contributed by atoms with Crippen LogP contribution in [-0.2, 0) is 16.1 Å². The predicted octanol–water partition coefficient (Wildman–Crippen LogP) is 3.11. The Labute approximate surface area is 168 Å². The summed E-state index contributed by atoms with van der Waals surface area (Å²) >= 11 is 0. The molecule has 1 aromatic carbocycles. The number of carbonyl (C=O) groups is 3. The Hall–Kier alpha value is -4.47. The van der Waals surface area contributed by atoms with Gasteiger partial charge in [-0.2, -0.15) is 0 Å². The first-order valence-corrected chi connectivity index (χ1v) is 8.68. The third-order valence-electron chi connectivity index (χ3n) is 4.33. The van der Waals surface area contributed by atoms with Gasteiger partial charge in [-0.05, 0) is 30.3 Å². The molecular weight excluding hydrogens is 394 g/mol. The van der Waals surface area contributed by atoms with E-state index in [0.29, 0.717) is 17.1 Å². The van der Waals surface area contributed by atoms with Crippen LogP contribution >= 0.6 is 0 Å². The second kappa shape index (κ2) is 7.51. The van der Waals surface area contributed by atoms with E-state index in [1.54, 1.807) is 24.3 Å². The quantitative estimate of drug-likeness (QED) is 0.297. The van der Waals surface area contributed by atoms with E-state index in [4.69, 9.17) is 8.83 Å². The molecule has 0 aliphatic carbocycles. The molecule has 0 atom stereocenters. The molecular formula is C20H13N3O7. The van der Waals surface area contributed by atoms with E-state index < -0.39 is 22.8 Å². The van der Waals surface area contributed by atoms with Crippen LogP contribution in [0.25, 0.3) is 17.4 Å². The standard InChI is InChI=1S/C20H13N3O7/c24-18-16(19(25)22(20(26)21-18)11-15-5-2-8-29-15)10-14-6-7-17(30-14)12-3-1-4-13(9-12)23(27)28/h1-10H,11H2,(H,21,24,26)/b16-10-. The van der Waals surface area contributed by atoms with Gasteiger partial charge in [0.05, 0.1) is 17.7 Å². The lowest BCUT2D eigenvalue weighted by molar-refractivity contribution is -0.384. The SMILES string of the molecule is O=C1NC(=O)N(Cc2ccco2)C(=O)/C1=C\c1ccc(-c2cccc([N+](=O)[O-])c2)o1. The normalized spacial score (nSPS) is 15.5. The predicted molar refractivity (Wildman–Crippen MR) is 102 cm³/mol. The molecule has 4 rings (SSSR count). The lowest BCUT2D eigenvalue weighted by atomic mass is 10.1. The van der Waals surface area contributed by atoms with Crippen LogP contribution in [0.3, 0.4) is 0 Å². The van der Waals surface area contributed by atoms with Crippen LogP contribution in [0.15, 0.2) is 69.2 Å². The van der Waals surface area contributed by atoms with Crippen LogP contribution in [0.4, 0.5) is 10.5 Å². The van der Waals surface area contributed by atoms with Crippen molar-refractivity contribution >= 4 is 29.6 Å². The van der Waals surface area contributed by atoms with Crippen LogP contribution in [-0.4, -0.2) is 27.7 Å². The Bertz CT molecular complexity index is 1190. The van der Waals surface area contributed by atoms with Crippen molar-refractivity contribution in [3.05, 3.63) is 82.0 Å². The van der Waals surface area contributed by atoms with Gasteiger partial charge in [0.25, 0.3) is 17.5 Å². The van der Waals surface area contributed by atoms with Crippen molar-refractivity contribution in [1.29, 1.82) is 0 Å². The molecule has 0 bridgehead atoms. The van der Waals surface area contributed by atoms with Crippen LogP contribution in [0, 0.1) is 10.1 Å². The van der Waals surface area contributed by atoms with Crippen LogP contribution in [0.2, 0.25) is 0 Å². The largest absolute Gasteiger partial charge is 0.467 e. The van der Waals surface area contributed by atoms with Gasteiger partial charge in [-0.1, -0.05) is 12.1 Å².